The number of hydrogen-bond donors (Lipinski definition) is 1. The van der Waals surface area contributed by atoms with Crippen LogP contribution in [0.15, 0.2) is 12.3 Å². The number of hydrogen-bond acceptors (Lipinski definition) is 3. The standard InChI is InChI=1S/C8H7F3N4O/c9-8(10,11)5-1-2-12-6(14-5)15-4-3-13-7(15)16/h1-2H,3-4H2,(H,13,16). The molecule has 0 atom stereocenters. The molecule has 0 radical (unpaired) electrons. The van der Waals surface area contributed by atoms with Gasteiger partial charge < -0.3 is 5.32 Å². The van der Waals surface area contributed by atoms with Gasteiger partial charge in [-0.3, -0.25) is 4.90 Å². The zero-order chi connectivity index (χ0) is 11.8. The third kappa shape index (κ3) is 1.90. The second-order valence-corrected chi connectivity index (χ2v) is 3.12. The van der Waals surface area contributed by atoms with Gasteiger partial charge in [0.1, 0.15) is 5.69 Å². The van der Waals surface area contributed by atoms with Gasteiger partial charge in [-0.2, -0.15) is 13.2 Å². The second-order valence-electron chi connectivity index (χ2n) is 3.12. The molecule has 2 heterocycles. The molecule has 0 bridgehead atoms. The lowest BCUT2D eigenvalue weighted by Crippen LogP contribution is -2.29. The maximum atomic E-state index is 12.3. The normalized spacial score (nSPS) is 16.4. The molecule has 1 aliphatic rings. The average molecular weight is 232 g/mol. The minimum Gasteiger partial charge on any atom is -0.336 e. The number of urea groups is 1. The maximum absolute atomic E-state index is 12.3. The topological polar surface area (TPSA) is 58.1 Å². The van der Waals surface area contributed by atoms with Gasteiger partial charge in [-0.25, -0.2) is 14.8 Å². The van der Waals surface area contributed by atoms with E-state index >= 15 is 0 Å². The molecule has 86 valence electrons. The highest BCUT2D eigenvalue weighted by Crippen LogP contribution is 2.28. The lowest BCUT2D eigenvalue weighted by Gasteiger charge is -2.13. The fraction of sp³-hybridized carbons (Fsp3) is 0.375. The Balaban J connectivity index is 2.32. The van der Waals surface area contributed by atoms with Crippen LogP contribution in [0.4, 0.5) is 23.9 Å². The summed E-state index contributed by atoms with van der Waals surface area (Å²) in [6.07, 6.45) is -3.55. The number of carbonyl (C=O) groups is 1. The first-order chi connectivity index (χ1) is 7.48. The molecule has 1 aromatic heterocycles. The van der Waals surface area contributed by atoms with Crippen molar-refractivity contribution in [1.82, 2.24) is 15.3 Å². The average Bonchev–Trinajstić information content (AvgIpc) is 2.63. The maximum Gasteiger partial charge on any atom is 0.433 e. The van der Waals surface area contributed by atoms with Crippen LogP contribution >= 0.6 is 0 Å². The van der Waals surface area contributed by atoms with E-state index in [1.807, 2.05) is 0 Å². The highest BCUT2D eigenvalue weighted by molar-refractivity contribution is 5.92. The summed E-state index contributed by atoms with van der Waals surface area (Å²) in [4.78, 5) is 19.2. The first-order valence-corrected chi connectivity index (χ1v) is 4.44. The second kappa shape index (κ2) is 3.62. The van der Waals surface area contributed by atoms with Crippen LogP contribution in [0.3, 0.4) is 0 Å². The number of halogens is 3. The summed E-state index contributed by atoms with van der Waals surface area (Å²) in [6.45, 7) is 0.637. The molecule has 0 saturated carbocycles. The molecule has 0 unspecified atom stereocenters. The molecule has 0 aliphatic carbocycles. The molecular formula is C8H7F3N4O. The molecule has 0 spiro atoms. The number of anilines is 1. The van der Waals surface area contributed by atoms with Crippen LogP contribution < -0.4 is 10.2 Å². The van der Waals surface area contributed by atoms with Gasteiger partial charge in [0.15, 0.2) is 0 Å². The molecule has 2 amide bonds. The molecule has 0 aromatic carbocycles. The van der Waals surface area contributed by atoms with E-state index in [1.54, 1.807) is 0 Å². The first kappa shape index (κ1) is 10.7. The fourth-order valence-corrected chi connectivity index (χ4v) is 1.30. The molecule has 8 heteroatoms. The van der Waals surface area contributed by atoms with Crippen molar-refractivity contribution >= 4 is 12.0 Å². The molecule has 16 heavy (non-hydrogen) atoms. The van der Waals surface area contributed by atoms with Crippen LogP contribution in [-0.2, 0) is 6.18 Å². The van der Waals surface area contributed by atoms with Crippen molar-refractivity contribution in [3.63, 3.8) is 0 Å². The van der Waals surface area contributed by atoms with Crippen LogP contribution in [0.25, 0.3) is 0 Å². The lowest BCUT2D eigenvalue weighted by molar-refractivity contribution is -0.141. The van der Waals surface area contributed by atoms with Gasteiger partial charge in [0.25, 0.3) is 0 Å². The van der Waals surface area contributed by atoms with Crippen molar-refractivity contribution in [3.05, 3.63) is 18.0 Å². The largest absolute Gasteiger partial charge is 0.433 e. The van der Waals surface area contributed by atoms with E-state index in [9.17, 15) is 18.0 Å². The zero-order valence-corrected chi connectivity index (χ0v) is 7.95. The van der Waals surface area contributed by atoms with Gasteiger partial charge in [-0.1, -0.05) is 0 Å². The van der Waals surface area contributed by atoms with Gasteiger partial charge >= 0.3 is 12.2 Å². The quantitative estimate of drug-likeness (QED) is 0.786. The monoisotopic (exact) mass is 232 g/mol. The minimum absolute atomic E-state index is 0.232. The summed E-state index contributed by atoms with van der Waals surface area (Å²) in [5.74, 6) is -0.232. The van der Waals surface area contributed by atoms with Gasteiger partial charge in [0.2, 0.25) is 5.95 Å². The summed E-state index contributed by atoms with van der Waals surface area (Å²) in [5.41, 5.74) is -1.06. The van der Waals surface area contributed by atoms with Crippen LogP contribution in [0.2, 0.25) is 0 Å². The number of nitrogens with zero attached hydrogens (tertiary/aromatic N) is 3. The number of rotatable bonds is 1. The molecule has 1 fully saturated rings. The van der Waals surface area contributed by atoms with Gasteiger partial charge in [-0.15, -0.1) is 0 Å². The summed E-state index contributed by atoms with van der Waals surface area (Å²) in [7, 11) is 0. The Bertz CT molecular complexity index is 420. The predicted octanol–water partition coefficient (Wildman–Crippen LogP) is 1.02. The Morgan fingerprint density at radius 3 is 2.75 bits per heavy atom. The van der Waals surface area contributed by atoms with Crippen LogP contribution in [0.1, 0.15) is 5.69 Å². The fourth-order valence-electron chi connectivity index (χ4n) is 1.30. The van der Waals surface area contributed by atoms with Crippen LogP contribution in [0, 0.1) is 0 Å². The van der Waals surface area contributed by atoms with E-state index in [-0.39, 0.29) is 12.5 Å². The van der Waals surface area contributed by atoms with E-state index in [0.717, 1.165) is 17.2 Å². The number of alkyl halides is 3. The molecule has 1 aliphatic heterocycles. The highest BCUT2D eigenvalue weighted by atomic mass is 19.4. The third-order valence-electron chi connectivity index (χ3n) is 2.03. The van der Waals surface area contributed by atoms with E-state index in [0.29, 0.717) is 6.54 Å². The summed E-state index contributed by atoms with van der Waals surface area (Å²) < 4.78 is 37.0. The first-order valence-electron chi connectivity index (χ1n) is 4.44. The van der Waals surface area contributed by atoms with Crippen LogP contribution in [-0.4, -0.2) is 29.1 Å². The van der Waals surface area contributed by atoms with Crippen molar-refractivity contribution in [2.45, 2.75) is 6.18 Å². The molecule has 1 saturated heterocycles. The predicted molar refractivity (Wildman–Crippen MR) is 47.8 cm³/mol. The smallest absolute Gasteiger partial charge is 0.336 e. The highest BCUT2D eigenvalue weighted by Gasteiger charge is 2.34. The molecular weight excluding hydrogens is 225 g/mol. The van der Waals surface area contributed by atoms with Gasteiger partial charge in [0.05, 0.1) is 0 Å². The van der Waals surface area contributed by atoms with E-state index in [2.05, 4.69) is 15.3 Å². The number of nitrogens with one attached hydrogen (secondary N) is 1. The van der Waals surface area contributed by atoms with Crippen LogP contribution in [0.5, 0.6) is 0 Å². The molecule has 2 rings (SSSR count). The van der Waals surface area contributed by atoms with Crippen molar-refractivity contribution in [2.75, 3.05) is 18.0 Å². The summed E-state index contributed by atoms with van der Waals surface area (Å²) in [5, 5.41) is 2.45. The van der Waals surface area contributed by atoms with Gasteiger partial charge in [0, 0.05) is 19.3 Å². The van der Waals surface area contributed by atoms with E-state index in [1.165, 1.54) is 0 Å². The van der Waals surface area contributed by atoms with Crippen molar-refractivity contribution in [2.24, 2.45) is 0 Å². The Morgan fingerprint density at radius 1 is 1.44 bits per heavy atom. The molecule has 1 aromatic rings. The Morgan fingerprint density at radius 2 is 2.19 bits per heavy atom. The number of carbonyl (C=O) groups excluding carboxylic acids is 1. The summed E-state index contributed by atoms with van der Waals surface area (Å²) >= 11 is 0. The molecule has 1 N–H and O–H groups in total. The van der Waals surface area contributed by atoms with Crippen molar-refractivity contribution in [1.29, 1.82) is 0 Å². The van der Waals surface area contributed by atoms with E-state index in [4.69, 9.17) is 0 Å². The number of amides is 2. The Labute approximate surface area is 88.3 Å². The SMILES string of the molecule is O=C1NCCN1c1nccc(C(F)(F)F)n1. The Hall–Kier alpha value is -1.86. The van der Waals surface area contributed by atoms with Crippen molar-refractivity contribution < 1.29 is 18.0 Å². The van der Waals surface area contributed by atoms with Gasteiger partial charge in [-0.05, 0) is 6.07 Å². The Kier molecular flexibility index (Phi) is 2.41. The third-order valence-corrected chi connectivity index (χ3v) is 2.03. The van der Waals surface area contributed by atoms with E-state index < -0.39 is 17.9 Å². The van der Waals surface area contributed by atoms with Crippen molar-refractivity contribution in [3.8, 4) is 0 Å². The minimum atomic E-state index is -4.53. The number of aromatic nitrogens is 2. The molecule has 5 nitrogen and oxygen atoms in total. The lowest BCUT2D eigenvalue weighted by atomic mass is 10.4. The zero-order valence-electron chi connectivity index (χ0n) is 7.95. The summed E-state index contributed by atoms with van der Waals surface area (Å²) in [6, 6.07) is 0.275.